The van der Waals surface area contributed by atoms with Crippen molar-refractivity contribution in [1.29, 1.82) is 5.26 Å². The lowest BCUT2D eigenvalue weighted by atomic mass is 9.78. The minimum Gasteiger partial charge on any atom is -0.207 e. The number of hydrogen-bond acceptors (Lipinski definition) is 3. The monoisotopic (exact) mass is 302 g/mol. The first kappa shape index (κ1) is 14.3. The second kappa shape index (κ2) is 4.75. The van der Waals surface area contributed by atoms with Crippen molar-refractivity contribution < 1.29 is 12.8 Å². The van der Waals surface area contributed by atoms with Crippen LogP contribution in [0.2, 0.25) is 5.02 Å². The van der Waals surface area contributed by atoms with E-state index in [1.165, 1.54) is 19.2 Å². The summed E-state index contributed by atoms with van der Waals surface area (Å²) in [5, 5.41) is 8.99. The van der Waals surface area contributed by atoms with Crippen molar-refractivity contribution in [2.75, 3.05) is 7.05 Å². The van der Waals surface area contributed by atoms with E-state index in [1.807, 2.05) is 6.07 Å². The molecule has 2 rings (SSSR count). The first-order chi connectivity index (χ1) is 8.85. The van der Waals surface area contributed by atoms with Crippen LogP contribution in [0.4, 0.5) is 4.39 Å². The van der Waals surface area contributed by atoms with Gasteiger partial charge in [-0.05, 0) is 31.4 Å². The summed E-state index contributed by atoms with van der Waals surface area (Å²) in [4.78, 5) is -0.569. The Morgan fingerprint density at radius 3 is 2.53 bits per heavy atom. The Bertz CT molecular complexity index is 630. The highest BCUT2D eigenvalue weighted by molar-refractivity contribution is 7.89. The Balaban J connectivity index is 2.52. The fraction of sp³-hybridized carbons (Fsp3) is 0.417. The molecule has 102 valence electrons. The standard InChI is InChI=1S/C12H12ClFN2O2S/c1-16(12(8-15)6-3-7-12)19(17,18)11-9(13)4-2-5-10(11)14/h2,4-5H,3,6-7H2,1H3. The van der Waals surface area contributed by atoms with Gasteiger partial charge >= 0.3 is 0 Å². The molecule has 0 aliphatic heterocycles. The Labute approximate surface area is 116 Å². The van der Waals surface area contributed by atoms with Gasteiger partial charge in [-0.1, -0.05) is 17.7 Å². The van der Waals surface area contributed by atoms with E-state index in [2.05, 4.69) is 0 Å². The van der Waals surface area contributed by atoms with Gasteiger partial charge in [-0.3, -0.25) is 0 Å². The molecule has 7 heteroatoms. The highest BCUT2D eigenvalue weighted by Crippen LogP contribution is 2.40. The van der Waals surface area contributed by atoms with Crippen molar-refractivity contribution >= 4 is 21.6 Å². The third-order valence-electron chi connectivity index (χ3n) is 3.53. The van der Waals surface area contributed by atoms with Crippen molar-refractivity contribution in [1.82, 2.24) is 4.31 Å². The molecule has 1 aromatic rings. The molecule has 1 aliphatic rings. The predicted molar refractivity (Wildman–Crippen MR) is 68.6 cm³/mol. The van der Waals surface area contributed by atoms with Crippen LogP contribution in [-0.4, -0.2) is 25.3 Å². The van der Waals surface area contributed by atoms with E-state index >= 15 is 0 Å². The third kappa shape index (κ3) is 2.12. The summed E-state index contributed by atoms with van der Waals surface area (Å²) in [7, 11) is -2.83. The van der Waals surface area contributed by atoms with Crippen molar-refractivity contribution in [3.05, 3.63) is 29.0 Å². The van der Waals surface area contributed by atoms with Crippen LogP contribution in [0.25, 0.3) is 0 Å². The second-order valence-corrected chi connectivity index (χ2v) is 6.83. The van der Waals surface area contributed by atoms with Gasteiger partial charge in [0.1, 0.15) is 16.3 Å². The highest BCUT2D eigenvalue weighted by atomic mass is 35.5. The first-order valence-electron chi connectivity index (χ1n) is 5.69. The summed E-state index contributed by atoms with van der Waals surface area (Å²) in [6.45, 7) is 0. The van der Waals surface area contributed by atoms with E-state index in [-0.39, 0.29) is 5.02 Å². The summed E-state index contributed by atoms with van der Waals surface area (Å²) in [6, 6.07) is 5.69. The Kier molecular flexibility index (Phi) is 3.56. The van der Waals surface area contributed by atoms with Crippen molar-refractivity contribution in [2.45, 2.75) is 29.7 Å². The van der Waals surface area contributed by atoms with Crippen LogP contribution in [-0.2, 0) is 10.0 Å². The van der Waals surface area contributed by atoms with Crippen molar-refractivity contribution in [3.8, 4) is 6.07 Å². The first-order valence-corrected chi connectivity index (χ1v) is 7.51. The van der Waals surface area contributed by atoms with Crippen LogP contribution in [0, 0.1) is 17.1 Å². The molecule has 1 saturated carbocycles. The molecule has 0 heterocycles. The average Bonchev–Trinajstić information content (AvgIpc) is 2.27. The summed E-state index contributed by atoms with van der Waals surface area (Å²) >= 11 is 5.78. The lowest BCUT2D eigenvalue weighted by Gasteiger charge is -2.41. The smallest absolute Gasteiger partial charge is 0.207 e. The summed E-state index contributed by atoms with van der Waals surface area (Å²) < 4.78 is 39.5. The number of sulfonamides is 1. The van der Waals surface area contributed by atoms with Gasteiger partial charge in [-0.25, -0.2) is 12.8 Å². The molecular weight excluding hydrogens is 291 g/mol. The minimum atomic E-state index is -4.13. The summed E-state index contributed by atoms with van der Waals surface area (Å²) in [5.41, 5.74) is -1.08. The lowest BCUT2D eigenvalue weighted by molar-refractivity contribution is 0.171. The minimum absolute atomic E-state index is 0.181. The molecule has 0 aromatic heterocycles. The zero-order valence-electron chi connectivity index (χ0n) is 10.2. The number of hydrogen-bond donors (Lipinski definition) is 0. The summed E-state index contributed by atoms with van der Waals surface area (Å²) in [6.07, 6.45) is 1.68. The zero-order chi connectivity index (χ0) is 14.3. The quantitative estimate of drug-likeness (QED) is 0.862. The Morgan fingerprint density at radius 2 is 2.11 bits per heavy atom. The molecule has 0 bridgehead atoms. The zero-order valence-corrected chi connectivity index (χ0v) is 11.8. The van der Waals surface area contributed by atoms with Crippen LogP contribution in [0.5, 0.6) is 0 Å². The molecule has 4 nitrogen and oxygen atoms in total. The molecule has 0 radical (unpaired) electrons. The van der Waals surface area contributed by atoms with Gasteiger partial charge in [-0.15, -0.1) is 0 Å². The van der Waals surface area contributed by atoms with E-state index in [9.17, 15) is 18.1 Å². The lowest BCUT2D eigenvalue weighted by Crippen LogP contribution is -2.53. The number of nitriles is 1. The van der Waals surface area contributed by atoms with E-state index in [0.717, 1.165) is 16.8 Å². The molecule has 1 aliphatic carbocycles. The number of rotatable bonds is 3. The van der Waals surface area contributed by atoms with E-state index < -0.39 is 26.3 Å². The molecule has 0 saturated heterocycles. The topological polar surface area (TPSA) is 61.2 Å². The number of nitrogens with zero attached hydrogens (tertiary/aromatic N) is 2. The predicted octanol–water partition coefficient (Wildman–Crippen LogP) is 2.55. The van der Waals surface area contributed by atoms with Crippen LogP contribution >= 0.6 is 11.6 Å². The average molecular weight is 303 g/mol. The van der Waals surface area contributed by atoms with E-state index in [1.54, 1.807) is 0 Å². The fourth-order valence-electron chi connectivity index (χ4n) is 2.10. The van der Waals surface area contributed by atoms with Gasteiger partial charge in [0.05, 0.1) is 11.1 Å². The maximum atomic E-state index is 13.7. The van der Waals surface area contributed by atoms with Gasteiger partial charge in [0.25, 0.3) is 0 Å². The molecule has 0 atom stereocenters. The molecule has 19 heavy (non-hydrogen) atoms. The Morgan fingerprint density at radius 1 is 1.47 bits per heavy atom. The van der Waals surface area contributed by atoms with E-state index in [0.29, 0.717) is 12.8 Å². The number of benzene rings is 1. The number of halogens is 2. The molecule has 0 N–H and O–H groups in total. The SMILES string of the molecule is CN(C1(C#N)CCC1)S(=O)(=O)c1c(F)cccc1Cl. The van der Waals surface area contributed by atoms with Gasteiger partial charge in [0.2, 0.25) is 10.0 Å². The summed E-state index contributed by atoms with van der Waals surface area (Å²) in [5.74, 6) is -0.910. The van der Waals surface area contributed by atoms with E-state index in [4.69, 9.17) is 11.6 Å². The molecule has 0 spiro atoms. The molecule has 1 aromatic carbocycles. The second-order valence-electron chi connectivity index (χ2n) is 4.52. The normalized spacial score (nSPS) is 17.8. The van der Waals surface area contributed by atoms with Gasteiger partial charge in [-0.2, -0.15) is 9.57 Å². The van der Waals surface area contributed by atoms with Crippen LogP contribution in [0.3, 0.4) is 0 Å². The molecular formula is C12H12ClFN2O2S. The van der Waals surface area contributed by atoms with Gasteiger partial charge < -0.3 is 0 Å². The van der Waals surface area contributed by atoms with Crippen LogP contribution in [0.1, 0.15) is 19.3 Å². The van der Waals surface area contributed by atoms with Crippen molar-refractivity contribution in [2.24, 2.45) is 0 Å². The Hall–Kier alpha value is -1.16. The van der Waals surface area contributed by atoms with Crippen LogP contribution < -0.4 is 0 Å². The van der Waals surface area contributed by atoms with Gasteiger partial charge in [0.15, 0.2) is 0 Å². The molecule has 1 fully saturated rings. The van der Waals surface area contributed by atoms with Crippen molar-refractivity contribution in [3.63, 3.8) is 0 Å². The van der Waals surface area contributed by atoms with Crippen LogP contribution in [0.15, 0.2) is 23.1 Å². The molecule has 0 amide bonds. The maximum Gasteiger partial charge on any atom is 0.248 e. The fourth-order valence-corrected chi connectivity index (χ4v) is 4.15. The highest BCUT2D eigenvalue weighted by Gasteiger charge is 2.47. The van der Waals surface area contributed by atoms with Gasteiger partial charge in [0, 0.05) is 7.05 Å². The molecule has 0 unspecified atom stereocenters. The maximum absolute atomic E-state index is 13.7. The third-order valence-corrected chi connectivity index (χ3v) is 5.96. The largest absolute Gasteiger partial charge is 0.248 e.